The maximum Gasteiger partial charge on any atom is 0.387 e. The van der Waals surface area contributed by atoms with Gasteiger partial charge in [-0.2, -0.15) is 13.9 Å². The number of aromatic nitrogens is 3. The predicted molar refractivity (Wildman–Crippen MR) is 98.5 cm³/mol. The first kappa shape index (κ1) is 18.8. The Hall–Kier alpha value is -2.94. The lowest BCUT2D eigenvalue weighted by atomic mass is 10.1. The van der Waals surface area contributed by atoms with Gasteiger partial charge in [0.15, 0.2) is 22.1 Å². The number of nitrogens with zero attached hydrogens (tertiary/aromatic N) is 2. The summed E-state index contributed by atoms with van der Waals surface area (Å²) in [5.74, 6) is 1.23. The van der Waals surface area contributed by atoms with E-state index in [9.17, 15) is 8.78 Å². The molecule has 0 aliphatic carbocycles. The minimum Gasteiger partial charge on any atom is -0.495 e. The van der Waals surface area contributed by atoms with Crippen LogP contribution in [0.1, 0.15) is 6.92 Å². The molecule has 0 amide bonds. The molecule has 6 nitrogen and oxygen atoms in total. The Morgan fingerprint density at radius 1 is 1.15 bits per heavy atom. The van der Waals surface area contributed by atoms with Crippen LogP contribution in [-0.2, 0) is 0 Å². The summed E-state index contributed by atoms with van der Waals surface area (Å²) in [5.41, 5.74) is 1.30. The molecular weight excluding hydrogens is 376 g/mol. The molecule has 3 aromatic rings. The second-order valence-electron chi connectivity index (χ2n) is 5.33. The number of rotatable bonds is 7. The molecule has 0 atom stereocenters. The second-order valence-corrected chi connectivity index (χ2v) is 5.72. The molecular formula is C18H17F2N3O3S. The van der Waals surface area contributed by atoms with E-state index in [0.29, 0.717) is 34.2 Å². The Balaban J connectivity index is 2.13. The van der Waals surface area contributed by atoms with Crippen molar-refractivity contribution in [2.24, 2.45) is 0 Å². The van der Waals surface area contributed by atoms with E-state index in [1.54, 1.807) is 36.8 Å². The molecule has 0 radical (unpaired) electrons. The highest BCUT2D eigenvalue weighted by atomic mass is 32.1. The Kier molecular flexibility index (Phi) is 5.70. The maximum absolute atomic E-state index is 12.6. The van der Waals surface area contributed by atoms with Crippen LogP contribution in [0.15, 0.2) is 42.5 Å². The Labute approximate surface area is 159 Å². The third-order valence-electron chi connectivity index (χ3n) is 3.72. The third-order valence-corrected chi connectivity index (χ3v) is 3.99. The van der Waals surface area contributed by atoms with Crippen LogP contribution < -0.4 is 14.2 Å². The quantitative estimate of drug-likeness (QED) is 0.594. The molecule has 27 heavy (non-hydrogen) atoms. The van der Waals surface area contributed by atoms with Gasteiger partial charge in [-0.1, -0.05) is 12.1 Å². The number of benzene rings is 2. The number of H-pyrrole nitrogens is 1. The van der Waals surface area contributed by atoms with Crippen LogP contribution in [0.4, 0.5) is 8.78 Å². The largest absolute Gasteiger partial charge is 0.495 e. The van der Waals surface area contributed by atoms with Gasteiger partial charge < -0.3 is 14.2 Å². The summed E-state index contributed by atoms with van der Waals surface area (Å²) in [6, 6.07) is 11.9. The Morgan fingerprint density at radius 3 is 2.63 bits per heavy atom. The lowest BCUT2D eigenvalue weighted by Gasteiger charge is -2.14. The first-order valence-electron chi connectivity index (χ1n) is 8.08. The van der Waals surface area contributed by atoms with E-state index in [0.717, 1.165) is 0 Å². The zero-order chi connectivity index (χ0) is 19.4. The highest BCUT2D eigenvalue weighted by molar-refractivity contribution is 7.71. The van der Waals surface area contributed by atoms with Gasteiger partial charge in [0.25, 0.3) is 0 Å². The SMILES string of the molecule is CCOc1cc(-c2n[nH]c(=S)n2-c2ccccc2OC)ccc1OC(F)F. The molecule has 1 aromatic heterocycles. The summed E-state index contributed by atoms with van der Waals surface area (Å²) in [6.07, 6.45) is 0. The van der Waals surface area contributed by atoms with Crippen LogP contribution in [0.3, 0.4) is 0 Å². The van der Waals surface area contributed by atoms with Gasteiger partial charge in [-0.15, -0.1) is 0 Å². The van der Waals surface area contributed by atoms with Gasteiger partial charge in [0.1, 0.15) is 5.75 Å². The normalized spacial score (nSPS) is 10.9. The van der Waals surface area contributed by atoms with Gasteiger partial charge in [-0.05, 0) is 49.5 Å². The van der Waals surface area contributed by atoms with Crippen LogP contribution in [0.2, 0.25) is 0 Å². The van der Waals surface area contributed by atoms with Crippen molar-refractivity contribution in [3.63, 3.8) is 0 Å². The van der Waals surface area contributed by atoms with Crippen LogP contribution >= 0.6 is 12.2 Å². The summed E-state index contributed by atoms with van der Waals surface area (Å²) in [4.78, 5) is 0. The molecule has 1 heterocycles. The summed E-state index contributed by atoms with van der Waals surface area (Å²) in [6.45, 7) is -0.898. The molecule has 0 aliphatic heterocycles. The summed E-state index contributed by atoms with van der Waals surface area (Å²) in [7, 11) is 1.56. The molecule has 0 unspecified atom stereocenters. The third kappa shape index (κ3) is 3.92. The maximum atomic E-state index is 12.6. The number of ether oxygens (including phenoxy) is 3. The molecule has 0 aliphatic rings. The molecule has 0 saturated carbocycles. The number of nitrogens with one attached hydrogen (secondary N) is 1. The Morgan fingerprint density at radius 2 is 1.93 bits per heavy atom. The number of alkyl halides is 2. The van der Waals surface area contributed by atoms with E-state index in [-0.39, 0.29) is 11.5 Å². The van der Waals surface area contributed by atoms with Crippen molar-refractivity contribution in [2.75, 3.05) is 13.7 Å². The molecule has 3 rings (SSSR count). The van der Waals surface area contributed by atoms with E-state index < -0.39 is 6.61 Å². The summed E-state index contributed by atoms with van der Waals surface area (Å²) < 4.78 is 42.6. The summed E-state index contributed by atoms with van der Waals surface area (Å²) in [5, 5.41) is 7.03. The van der Waals surface area contributed by atoms with Crippen molar-refractivity contribution in [1.82, 2.24) is 14.8 Å². The lowest BCUT2D eigenvalue weighted by molar-refractivity contribution is -0.0514. The molecule has 1 N–H and O–H groups in total. The fraction of sp³-hybridized carbons (Fsp3) is 0.222. The van der Waals surface area contributed by atoms with Gasteiger partial charge in [0.2, 0.25) is 0 Å². The van der Waals surface area contributed by atoms with E-state index in [1.807, 2.05) is 18.2 Å². The van der Waals surface area contributed by atoms with Crippen molar-refractivity contribution in [3.05, 3.63) is 47.2 Å². The van der Waals surface area contributed by atoms with Crippen LogP contribution in [0.25, 0.3) is 17.1 Å². The minimum absolute atomic E-state index is 0.0476. The fourth-order valence-corrected chi connectivity index (χ4v) is 2.87. The van der Waals surface area contributed by atoms with Gasteiger partial charge >= 0.3 is 6.61 Å². The van der Waals surface area contributed by atoms with Gasteiger partial charge in [0.05, 0.1) is 19.4 Å². The monoisotopic (exact) mass is 393 g/mol. The Bertz CT molecular complexity index is 988. The van der Waals surface area contributed by atoms with Crippen molar-refractivity contribution in [2.45, 2.75) is 13.5 Å². The van der Waals surface area contributed by atoms with Crippen molar-refractivity contribution in [3.8, 4) is 34.3 Å². The standard InChI is InChI=1S/C18H17F2N3O3S/c1-3-25-15-10-11(8-9-14(15)26-17(19)20)16-21-22-18(27)23(16)12-6-4-5-7-13(12)24-2/h4-10,17H,3H2,1-2H3,(H,22,27). The lowest BCUT2D eigenvalue weighted by Crippen LogP contribution is -2.05. The van der Waals surface area contributed by atoms with Crippen molar-refractivity contribution < 1.29 is 23.0 Å². The second kappa shape index (κ2) is 8.17. The first-order valence-corrected chi connectivity index (χ1v) is 8.48. The average Bonchev–Trinajstić information content (AvgIpc) is 3.04. The molecule has 2 aromatic carbocycles. The van der Waals surface area contributed by atoms with Crippen LogP contribution in [0.5, 0.6) is 17.2 Å². The van der Waals surface area contributed by atoms with Crippen LogP contribution in [0, 0.1) is 4.77 Å². The van der Waals surface area contributed by atoms with Crippen LogP contribution in [-0.4, -0.2) is 35.1 Å². The molecule has 0 bridgehead atoms. The van der Waals surface area contributed by atoms with Crippen molar-refractivity contribution in [1.29, 1.82) is 0 Å². The number of aromatic amines is 1. The zero-order valence-electron chi connectivity index (χ0n) is 14.6. The number of methoxy groups -OCH3 is 1. The summed E-state index contributed by atoms with van der Waals surface area (Å²) >= 11 is 5.36. The topological polar surface area (TPSA) is 61.3 Å². The first-order chi connectivity index (χ1) is 13.0. The van der Waals surface area contributed by atoms with Gasteiger partial charge in [-0.25, -0.2) is 0 Å². The van der Waals surface area contributed by atoms with E-state index in [4.69, 9.17) is 21.7 Å². The highest BCUT2D eigenvalue weighted by Gasteiger charge is 2.17. The zero-order valence-corrected chi connectivity index (χ0v) is 15.4. The molecule has 9 heteroatoms. The van der Waals surface area contributed by atoms with E-state index in [2.05, 4.69) is 14.9 Å². The number of hydrogen-bond acceptors (Lipinski definition) is 5. The fourth-order valence-electron chi connectivity index (χ4n) is 2.64. The van der Waals surface area contributed by atoms with E-state index in [1.165, 1.54) is 6.07 Å². The number of halogens is 2. The number of hydrogen-bond donors (Lipinski definition) is 1. The molecule has 142 valence electrons. The van der Waals surface area contributed by atoms with Gasteiger partial charge in [0, 0.05) is 5.56 Å². The average molecular weight is 393 g/mol. The highest BCUT2D eigenvalue weighted by Crippen LogP contribution is 2.35. The molecule has 0 fully saturated rings. The molecule has 0 saturated heterocycles. The minimum atomic E-state index is -2.95. The van der Waals surface area contributed by atoms with Gasteiger partial charge in [-0.3, -0.25) is 9.67 Å². The molecule has 0 spiro atoms. The number of para-hydroxylation sites is 2. The van der Waals surface area contributed by atoms with Crippen molar-refractivity contribution >= 4 is 12.2 Å². The van der Waals surface area contributed by atoms with E-state index >= 15 is 0 Å². The predicted octanol–water partition coefficient (Wildman–Crippen LogP) is 4.61. The smallest absolute Gasteiger partial charge is 0.387 e.